The molecule has 0 amide bonds. The van der Waals surface area contributed by atoms with Crippen molar-refractivity contribution in [3.63, 3.8) is 0 Å². The SMILES string of the molecule is CC(Cc1ccccc1)N1C/C(=N\C(N=Nc2ccccc2)=[N+](C)C)ON1.Cl. The molecule has 2 aromatic rings. The van der Waals surface area contributed by atoms with Gasteiger partial charge in [-0.1, -0.05) is 59.2 Å². The monoisotopic (exact) mass is 401 g/mol. The second kappa shape index (κ2) is 10.7. The Hall–Kier alpha value is -2.61. The molecular formula is C20H26ClN6O+. The fourth-order valence-electron chi connectivity index (χ4n) is 2.61. The van der Waals surface area contributed by atoms with Crippen LogP contribution in [0.25, 0.3) is 0 Å². The molecule has 0 spiro atoms. The molecule has 0 saturated carbocycles. The van der Waals surface area contributed by atoms with E-state index >= 15 is 0 Å². The van der Waals surface area contributed by atoms with E-state index in [0.717, 1.165) is 12.1 Å². The highest BCUT2D eigenvalue weighted by molar-refractivity contribution is 5.92. The Bertz CT molecular complexity index is 834. The lowest BCUT2D eigenvalue weighted by Crippen LogP contribution is -2.39. The Morgan fingerprint density at radius 1 is 1.11 bits per heavy atom. The molecule has 0 aliphatic carbocycles. The molecule has 0 radical (unpaired) electrons. The van der Waals surface area contributed by atoms with Crippen LogP contribution in [0.3, 0.4) is 0 Å². The van der Waals surface area contributed by atoms with Crippen molar-refractivity contribution in [3.8, 4) is 0 Å². The van der Waals surface area contributed by atoms with Crippen LogP contribution in [0.5, 0.6) is 0 Å². The van der Waals surface area contributed by atoms with E-state index in [-0.39, 0.29) is 18.4 Å². The first-order valence-corrected chi connectivity index (χ1v) is 8.93. The molecule has 1 atom stereocenters. The minimum absolute atomic E-state index is 0. The summed E-state index contributed by atoms with van der Waals surface area (Å²) in [5.74, 6) is 1.04. The van der Waals surface area contributed by atoms with Gasteiger partial charge in [-0.3, -0.25) is 4.58 Å². The van der Waals surface area contributed by atoms with Crippen molar-refractivity contribution >= 4 is 30.0 Å². The Kier molecular flexibility index (Phi) is 8.25. The maximum absolute atomic E-state index is 5.53. The molecular weight excluding hydrogens is 376 g/mol. The number of halogens is 1. The van der Waals surface area contributed by atoms with Crippen molar-refractivity contribution in [1.29, 1.82) is 0 Å². The van der Waals surface area contributed by atoms with E-state index in [9.17, 15) is 0 Å². The number of azo groups is 1. The molecule has 0 bridgehead atoms. The van der Waals surface area contributed by atoms with Gasteiger partial charge in [0.1, 0.15) is 12.2 Å². The first-order chi connectivity index (χ1) is 13.1. The van der Waals surface area contributed by atoms with Crippen LogP contribution in [0, 0.1) is 0 Å². The van der Waals surface area contributed by atoms with E-state index in [2.05, 4.69) is 52.0 Å². The summed E-state index contributed by atoms with van der Waals surface area (Å²) in [5, 5.41) is 10.5. The topological polar surface area (TPSA) is 64.6 Å². The summed E-state index contributed by atoms with van der Waals surface area (Å²) >= 11 is 0. The van der Waals surface area contributed by atoms with E-state index in [1.165, 1.54) is 5.56 Å². The minimum atomic E-state index is 0. The molecule has 28 heavy (non-hydrogen) atoms. The number of guanidine groups is 1. The van der Waals surface area contributed by atoms with Gasteiger partial charge in [0, 0.05) is 11.2 Å². The Balaban J connectivity index is 0.00000280. The first kappa shape index (κ1) is 21.7. The zero-order valence-electron chi connectivity index (χ0n) is 16.3. The number of aliphatic imine (C=N–C) groups is 1. The van der Waals surface area contributed by atoms with Crippen LogP contribution < -0.4 is 5.59 Å². The van der Waals surface area contributed by atoms with E-state index in [0.29, 0.717) is 18.4 Å². The summed E-state index contributed by atoms with van der Waals surface area (Å²) in [7, 11) is 3.75. The van der Waals surface area contributed by atoms with Gasteiger partial charge in [-0.15, -0.1) is 12.4 Å². The van der Waals surface area contributed by atoms with Gasteiger partial charge < -0.3 is 4.84 Å². The van der Waals surface area contributed by atoms with Crippen LogP contribution in [0.1, 0.15) is 12.5 Å². The fraction of sp³-hybridized carbons (Fsp3) is 0.300. The van der Waals surface area contributed by atoms with Crippen molar-refractivity contribution in [2.75, 3.05) is 20.6 Å². The standard InChI is InChI=1S/C20H25N6O.ClH/c1-16(14-17-10-6-4-7-11-17)26-15-19(27-24-26)21-20(25(2)3)23-22-18-12-8-5-9-13-18;/h4-13,16,24H,14-15H2,1-3H3;1H/q+1;. The Labute approximate surface area is 171 Å². The quantitative estimate of drug-likeness (QED) is 0.368. The van der Waals surface area contributed by atoms with Crippen LogP contribution in [-0.2, 0) is 11.3 Å². The molecule has 0 aromatic heterocycles. The van der Waals surface area contributed by atoms with Gasteiger partial charge >= 0.3 is 11.9 Å². The Morgan fingerprint density at radius 2 is 1.75 bits per heavy atom. The molecule has 1 aliphatic heterocycles. The summed E-state index contributed by atoms with van der Waals surface area (Å²) in [6, 6.07) is 20.2. The molecule has 7 nitrogen and oxygen atoms in total. The summed E-state index contributed by atoms with van der Waals surface area (Å²) in [4.78, 5) is 10.0. The van der Waals surface area contributed by atoms with Crippen molar-refractivity contribution in [1.82, 2.24) is 10.6 Å². The highest BCUT2D eigenvalue weighted by Crippen LogP contribution is 2.12. The summed E-state index contributed by atoms with van der Waals surface area (Å²) in [6.45, 7) is 2.71. The molecule has 2 aromatic carbocycles. The molecule has 1 saturated heterocycles. The fourth-order valence-corrected chi connectivity index (χ4v) is 2.61. The third-order valence-electron chi connectivity index (χ3n) is 4.13. The largest absolute Gasteiger partial charge is 0.453 e. The van der Waals surface area contributed by atoms with Gasteiger partial charge in [0.25, 0.3) is 0 Å². The second-order valence-electron chi connectivity index (χ2n) is 6.60. The van der Waals surface area contributed by atoms with Gasteiger partial charge in [-0.25, -0.2) is 0 Å². The lowest BCUT2D eigenvalue weighted by Gasteiger charge is -2.20. The van der Waals surface area contributed by atoms with Crippen LogP contribution in [0.4, 0.5) is 5.69 Å². The van der Waals surface area contributed by atoms with Gasteiger partial charge in [0.15, 0.2) is 0 Å². The maximum atomic E-state index is 5.53. The average Bonchev–Trinajstić information content (AvgIpc) is 3.15. The third-order valence-corrected chi connectivity index (χ3v) is 4.13. The maximum Gasteiger partial charge on any atom is 0.453 e. The van der Waals surface area contributed by atoms with E-state index < -0.39 is 0 Å². The van der Waals surface area contributed by atoms with Crippen molar-refractivity contribution < 1.29 is 9.41 Å². The zero-order valence-corrected chi connectivity index (χ0v) is 17.1. The molecule has 1 unspecified atom stereocenters. The second-order valence-corrected chi connectivity index (χ2v) is 6.60. The van der Waals surface area contributed by atoms with E-state index in [1.807, 2.05) is 55.5 Å². The molecule has 8 heteroatoms. The number of nitrogens with zero attached hydrogens (tertiary/aromatic N) is 5. The number of hydrazine groups is 1. The number of benzene rings is 2. The highest BCUT2D eigenvalue weighted by Gasteiger charge is 2.28. The Morgan fingerprint density at radius 3 is 2.39 bits per heavy atom. The predicted octanol–water partition coefficient (Wildman–Crippen LogP) is 3.60. The molecule has 1 aliphatic rings. The normalized spacial score (nSPS) is 16.6. The van der Waals surface area contributed by atoms with Crippen LogP contribution in [0.15, 0.2) is 75.9 Å². The minimum Gasteiger partial charge on any atom is -0.359 e. The van der Waals surface area contributed by atoms with Crippen LogP contribution in [0.2, 0.25) is 0 Å². The van der Waals surface area contributed by atoms with E-state index in [4.69, 9.17) is 4.84 Å². The lowest BCUT2D eigenvalue weighted by atomic mass is 10.1. The molecule has 1 fully saturated rings. The number of nitrogens with one attached hydrogen (secondary N) is 1. The average molecular weight is 402 g/mol. The summed E-state index contributed by atoms with van der Waals surface area (Å²) in [5.41, 5.74) is 5.01. The van der Waals surface area contributed by atoms with Crippen molar-refractivity contribution in [2.45, 2.75) is 19.4 Å². The summed E-state index contributed by atoms with van der Waals surface area (Å²) in [6.07, 6.45) is 0.919. The number of hydrogen-bond donors (Lipinski definition) is 1. The first-order valence-electron chi connectivity index (χ1n) is 8.93. The van der Waals surface area contributed by atoms with E-state index in [1.54, 1.807) is 4.58 Å². The smallest absolute Gasteiger partial charge is 0.359 e. The lowest BCUT2D eigenvalue weighted by molar-refractivity contribution is -0.466. The van der Waals surface area contributed by atoms with Crippen molar-refractivity contribution in [3.05, 3.63) is 66.2 Å². The molecule has 1 heterocycles. The predicted molar refractivity (Wildman–Crippen MR) is 113 cm³/mol. The molecule has 148 valence electrons. The number of rotatable bonds is 4. The van der Waals surface area contributed by atoms with Crippen LogP contribution >= 0.6 is 12.4 Å². The van der Waals surface area contributed by atoms with Gasteiger partial charge in [-0.2, -0.15) is 5.01 Å². The van der Waals surface area contributed by atoms with Crippen LogP contribution in [-0.4, -0.2) is 48.1 Å². The number of hydrogen-bond acceptors (Lipinski definition) is 4. The summed E-state index contributed by atoms with van der Waals surface area (Å²) < 4.78 is 1.80. The third kappa shape index (κ3) is 6.23. The molecule has 1 N–H and O–H groups in total. The van der Waals surface area contributed by atoms with Gasteiger partial charge in [0.2, 0.25) is 0 Å². The van der Waals surface area contributed by atoms with Crippen molar-refractivity contribution in [2.24, 2.45) is 15.2 Å². The highest BCUT2D eigenvalue weighted by atomic mass is 35.5. The van der Waals surface area contributed by atoms with Gasteiger partial charge in [-0.05, 0) is 36.0 Å². The molecule has 3 rings (SSSR count). The zero-order chi connectivity index (χ0) is 19.1. The van der Waals surface area contributed by atoms with Gasteiger partial charge in [0.05, 0.1) is 14.1 Å².